The van der Waals surface area contributed by atoms with Crippen LogP contribution >= 0.6 is 0 Å². The van der Waals surface area contributed by atoms with Crippen molar-refractivity contribution in [2.45, 2.75) is 13.0 Å². The van der Waals surface area contributed by atoms with Gasteiger partial charge in [-0.2, -0.15) is 4.39 Å². The van der Waals surface area contributed by atoms with Crippen molar-refractivity contribution in [3.05, 3.63) is 82.2 Å². The molecule has 142 valence electrons. The van der Waals surface area contributed by atoms with Crippen LogP contribution in [0.5, 0.6) is 0 Å². The fourth-order valence-electron chi connectivity index (χ4n) is 2.66. The summed E-state index contributed by atoms with van der Waals surface area (Å²) in [5.41, 5.74) is -0.431. The third-order valence-electron chi connectivity index (χ3n) is 4.07. The largest absolute Gasteiger partial charge is 0.449 e. The molecule has 0 spiro atoms. The second kappa shape index (κ2) is 7.83. The second-order valence-corrected chi connectivity index (χ2v) is 5.99. The number of amides is 1. The summed E-state index contributed by atoms with van der Waals surface area (Å²) in [5.74, 6) is -2.39. The Labute approximate surface area is 158 Å². The van der Waals surface area contributed by atoms with E-state index in [4.69, 9.17) is 4.74 Å². The Hall–Kier alpha value is -3.81. The SMILES string of the molecule is C[C@@H](OC(=O)c1cccc2ccccc12)C(=O)Nc1ccc(F)c([N+](=O)[O-])c1. The number of halogens is 1. The summed E-state index contributed by atoms with van der Waals surface area (Å²) in [6.07, 6.45) is -1.17. The first kappa shape index (κ1) is 19.0. The minimum atomic E-state index is -1.17. The molecule has 0 bridgehead atoms. The lowest BCUT2D eigenvalue weighted by molar-refractivity contribution is -0.387. The van der Waals surface area contributed by atoms with E-state index in [9.17, 15) is 24.1 Å². The molecule has 0 saturated carbocycles. The summed E-state index contributed by atoms with van der Waals surface area (Å²) in [5, 5.41) is 14.7. The van der Waals surface area contributed by atoms with Crippen molar-refractivity contribution in [1.29, 1.82) is 0 Å². The minimum absolute atomic E-state index is 0.0196. The lowest BCUT2D eigenvalue weighted by Gasteiger charge is -2.14. The Morgan fingerprint density at radius 1 is 1.11 bits per heavy atom. The highest BCUT2D eigenvalue weighted by molar-refractivity contribution is 6.05. The molecule has 3 rings (SSSR count). The van der Waals surface area contributed by atoms with Crippen LogP contribution in [0.1, 0.15) is 17.3 Å². The Bertz CT molecular complexity index is 1080. The molecule has 1 amide bonds. The second-order valence-electron chi connectivity index (χ2n) is 5.99. The Kier molecular flexibility index (Phi) is 5.30. The van der Waals surface area contributed by atoms with Gasteiger partial charge < -0.3 is 10.1 Å². The van der Waals surface area contributed by atoms with E-state index < -0.39 is 34.4 Å². The maximum Gasteiger partial charge on any atom is 0.339 e. The number of hydrogen-bond donors (Lipinski definition) is 1. The predicted octanol–water partition coefficient (Wildman–Crippen LogP) is 4.07. The first-order valence-corrected chi connectivity index (χ1v) is 8.30. The van der Waals surface area contributed by atoms with Crippen molar-refractivity contribution < 1.29 is 23.6 Å². The van der Waals surface area contributed by atoms with Crippen LogP contribution in [0, 0.1) is 15.9 Å². The number of benzene rings is 3. The number of nitrogens with zero attached hydrogens (tertiary/aromatic N) is 1. The molecule has 0 saturated heterocycles. The van der Waals surface area contributed by atoms with E-state index >= 15 is 0 Å². The monoisotopic (exact) mass is 382 g/mol. The number of fused-ring (bicyclic) bond motifs is 1. The fraction of sp³-hybridized carbons (Fsp3) is 0.100. The number of nitro groups is 1. The molecule has 8 heteroatoms. The Balaban J connectivity index is 1.73. The van der Waals surface area contributed by atoms with Crippen LogP contribution in [0.2, 0.25) is 0 Å². The summed E-state index contributed by atoms with van der Waals surface area (Å²) >= 11 is 0. The van der Waals surface area contributed by atoms with Gasteiger partial charge in [0.25, 0.3) is 5.91 Å². The molecule has 3 aromatic rings. The highest BCUT2D eigenvalue weighted by Gasteiger charge is 2.22. The number of ether oxygens (including phenoxy) is 1. The maximum atomic E-state index is 13.4. The van der Waals surface area contributed by atoms with Crippen molar-refractivity contribution in [3.8, 4) is 0 Å². The molecule has 0 heterocycles. The number of carbonyl (C=O) groups excluding carboxylic acids is 2. The summed E-state index contributed by atoms with van der Waals surface area (Å²) in [4.78, 5) is 34.6. The van der Waals surface area contributed by atoms with Crippen LogP contribution in [0.15, 0.2) is 60.7 Å². The zero-order valence-electron chi connectivity index (χ0n) is 14.7. The number of hydrogen-bond acceptors (Lipinski definition) is 5. The lowest BCUT2D eigenvalue weighted by Crippen LogP contribution is -2.30. The minimum Gasteiger partial charge on any atom is -0.449 e. The van der Waals surface area contributed by atoms with Crippen LogP contribution in [0.25, 0.3) is 10.8 Å². The number of carbonyl (C=O) groups is 2. The normalized spacial score (nSPS) is 11.6. The van der Waals surface area contributed by atoms with Gasteiger partial charge in [0.05, 0.1) is 10.5 Å². The van der Waals surface area contributed by atoms with E-state index in [2.05, 4.69) is 5.32 Å². The highest BCUT2D eigenvalue weighted by Crippen LogP contribution is 2.22. The zero-order valence-corrected chi connectivity index (χ0v) is 14.7. The molecule has 0 fully saturated rings. The van der Waals surface area contributed by atoms with E-state index in [1.54, 1.807) is 24.3 Å². The van der Waals surface area contributed by atoms with Crippen LogP contribution in [-0.2, 0) is 9.53 Å². The molecule has 7 nitrogen and oxygen atoms in total. The van der Waals surface area contributed by atoms with Crippen molar-refractivity contribution in [3.63, 3.8) is 0 Å². The fourth-order valence-corrected chi connectivity index (χ4v) is 2.66. The number of nitro benzene ring substituents is 1. The molecule has 0 aliphatic carbocycles. The quantitative estimate of drug-likeness (QED) is 0.407. The molecule has 0 aromatic heterocycles. The van der Waals surface area contributed by atoms with Crippen LogP contribution < -0.4 is 5.32 Å². The van der Waals surface area contributed by atoms with Gasteiger partial charge in [-0.25, -0.2) is 4.79 Å². The molecule has 28 heavy (non-hydrogen) atoms. The molecule has 1 atom stereocenters. The van der Waals surface area contributed by atoms with Crippen LogP contribution in [-0.4, -0.2) is 22.9 Å². The van der Waals surface area contributed by atoms with Crippen molar-refractivity contribution >= 4 is 34.0 Å². The topological polar surface area (TPSA) is 98.5 Å². The lowest BCUT2D eigenvalue weighted by atomic mass is 10.0. The zero-order chi connectivity index (χ0) is 20.3. The molecule has 0 aliphatic rings. The number of nitrogens with one attached hydrogen (secondary N) is 1. The van der Waals surface area contributed by atoms with Gasteiger partial charge in [-0.05, 0) is 35.9 Å². The van der Waals surface area contributed by atoms with Gasteiger partial charge in [-0.15, -0.1) is 0 Å². The summed E-state index contributed by atoms with van der Waals surface area (Å²) in [7, 11) is 0. The Morgan fingerprint density at radius 3 is 2.57 bits per heavy atom. The van der Waals surface area contributed by atoms with Gasteiger partial charge in [0.2, 0.25) is 5.82 Å². The summed E-state index contributed by atoms with van der Waals surface area (Å²) < 4.78 is 18.6. The molecule has 0 unspecified atom stereocenters. The van der Waals surface area contributed by atoms with Gasteiger partial charge in [-0.1, -0.05) is 36.4 Å². The van der Waals surface area contributed by atoms with Crippen molar-refractivity contribution in [2.75, 3.05) is 5.32 Å². The van der Waals surface area contributed by atoms with E-state index in [-0.39, 0.29) is 5.69 Å². The number of anilines is 1. The third kappa shape index (κ3) is 3.96. The van der Waals surface area contributed by atoms with E-state index in [0.29, 0.717) is 10.9 Å². The third-order valence-corrected chi connectivity index (χ3v) is 4.07. The maximum absolute atomic E-state index is 13.4. The molecular weight excluding hydrogens is 367 g/mol. The first-order valence-electron chi connectivity index (χ1n) is 8.30. The number of esters is 1. The first-order chi connectivity index (χ1) is 13.4. The van der Waals surface area contributed by atoms with E-state index in [1.807, 2.05) is 18.2 Å². The standard InChI is InChI=1S/C20H15FN2O5/c1-12(19(24)22-14-9-10-17(21)18(11-14)23(26)27)28-20(25)16-8-4-6-13-5-2-3-7-15(13)16/h2-12H,1H3,(H,22,24)/t12-/m1/s1. The molecule has 1 N–H and O–H groups in total. The van der Waals surface area contributed by atoms with Crippen LogP contribution in [0.3, 0.4) is 0 Å². The van der Waals surface area contributed by atoms with Gasteiger partial charge in [0.15, 0.2) is 6.10 Å². The molecule has 3 aromatic carbocycles. The molecular formula is C20H15FN2O5. The highest BCUT2D eigenvalue weighted by atomic mass is 19.1. The van der Waals surface area contributed by atoms with Crippen molar-refractivity contribution in [2.24, 2.45) is 0 Å². The summed E-state index contributed by atoms with van der Waals surface area (Å²) in [6.45, 7) is 1.37. The average molecular weight is 382 g/mol. The number of rotatable bonds is 5. The van der Waals surface area contributed by atoms with Crippen molar-refractivity contribution in [1.82, 2.24) is 0 Å². The average Bonchev–Trinajstić information content (AvgIpc) is 2.68. The van der Waals surface area contributed by atoms with Crippen LogP contribution in [0.4, 0.5) is 15.8 Å². The van der Waals surface area contributed by atoms with Gasteiger partial charge in [-0.3, -0.25) is 14.9 Å². The van der Waals surface area contributed by atoms with Gasteiger partial charge >= 0.3 is 11.7 Å². The van der Waals surface area contributed by atoms with E-state index in [0.717, 1.165) is 17.5 Å². The summed E-state index contributed by atoms with van der Waals surface area (Å²) in [6, 6.07) is 15.4. The molecule has 0 aliphatic heterocycles. The van der Waals surface area contributed by atoms with E-state index in [1.165, 1.54) is 13.0 Å². The molecule has 0 radical (unpaired) electrons. The smallest absolute Gasteiger partial charge is 0.339 e. The predicted molar refractivity (Wildman–Crippen MR) is 101 cm³/mol. The Morgan fingerprint density at radius 2 is 1.82 bits per heavy atom. The van der Waals surface area contributed by atoms with Gasteiger partial charge in [0, 0.05) is 11.8 Å². The van der Waals surface area contributed by atoms with Gasteiger partial charge in [0.1, 0.15) is 0 Å².